The van der Waals surface area contributed by atoms with E-state index in [2.05, 4.69) is 17.3 Å². The summed E-state index contributed by atoms with van der Waals surface area (Å²) in [6, 6.07) is 6.24. The van der Waals surface area contributed by atoms with Gasteiger partial charge in [0.05, 0.1) is 6.04 Å². The van der Waals surface area contributed by atoms with Crippen LogP contribution in [0, 0.1) is 6.92 Å². The molecule has 17 heavy (non-hydrogen) atoms. The van der Waals surface area contributed by atoms with E-state index in [1.807, 2.05) is 42.2 Å². The quantitative estimate of drug-likeness (QED) is 0.780. The van der Waals surface area contributed by atoms with Gasteiger partial charge in [0.25, 0.3) is 0 Å². The number of rotatable bonds is 6. The van der Waals surface area contributed by atoms with E-state index in [4.69, 9.17) is 4.42 Å². The summed E-state index contributed by atoms with van der Waals surface area (Å²) in [6.07, 6.45) is 4.85. The standard InChI is InChI=1S/C13H19N3O/c1-11-5-6-13(17-11)12(2)14-7-3-9-16-10-4-8-15-16/h4-6,8,10,12,14H,3,7,9H2,1-2H3. The first-order chi connectivity index (χ1) is 8.25. The Morgan fingerprint density at radius 3 is 3.00 bits per heavy atom. The van der Waals surface area contributed by atoms with Gasteiger partial charge in [0.15, 0.2) is 0 Å². The molecule has 0 amide bonds. The van der Waals surface area contributed by atoms with Gasteiger partial charge in [-0.2, -0.15) is 5.10 Å². The molecule has 1 N–H and O–H groups in total. The molecule has 1 unspecified atom stereocenters. The van der Waals surface area contributed by atoms with Gasteiger partial charge in [-0.15, -0.1) is 0 Å². The van der Waals surface area contributed by atoms with Crippen molar-refractivity contribution in [1.29, 1.82) is 0 Å². The SMILES string of the molecule is Cc1ccc(C(C)NCCCn2cccn2)o1. The van der Waals surface area contributed by atoms with Crippen LogP contribution in [0.5, 0.6) is 0 Å². The Kier molecular flexibility index (Phi) is 3.98. The molecule has 0 aromatic carbocycles. The van der Waals surface area contributed by atoms with Crippen LogP contribution in [0.3, 0.4) is 0 Å². The van der Waals surface area contributed by atoms with Crippen LogP contribution in [-0.2, 0) is 6.54 Å². The lowest BCUT2D eigenvalue weighted by molar-refractivity contribution is 0.409. The molecule has 0 spiro atoms. The predicted molar refractivity (Wildman–Crippen MR) is 66.7 cm³/mol. The Bertz CT molecular complexity index is 433. The maximum absolute atomic E-state index is 5.57. The van der Waals surface area contributed by atoms with Crippen molar-refractivity contribution in [3.8, 4) is 0 Å². The van der Waals surface area contributed by atoms with Gasteiger partial charge in [-0.05, 0) is 45.0 Å². The Labute approximate surface area is 102 Å². The molecule has 0 saturated heterocycles. The third-order valence-corrected chi connectivity index (χ3v) is 2.76. The van der Waals surface area contributed by atoms with Gasteiger partial charge in [0, 0.05) is 18.9 Å². The van der Waals surface area contributed by atoms with E-state index < -0.39 is 0 Å². The van der Waals surface area contributed by atoms with Crippen LogP contribution in [0.25, 0.3) is 0 Å². The van der Waals surface area contributed by atoms with Gasteiger partial charge >= 0.3 is 0 Å². The Balaban J connectivity index is 1.68. The van der Waals surface area contributed by atoms with E-state index >= 15 is 0 Å². The molecule has 92 valence electrons. The molecule has 0 fully saturated rings. The van der Waals surface area contributed by atoms with E-state index in [1.165, 1.54) is 0 Å². The molecule has 0 saturated carbocycles. The summed E-state index contributed by atoms with van der Waals surface area (Å²) in [5.74, 6) is 1.96. The van der Waals surface area contributed by atoms with Crippen LogP contribution in [0.2, 0.25) is 0 Å². The summed E-state index contributed by atoms with van der Waals surface area (Å²) in [5.41, 5.74) is 0. The van der Waals surface area contributed by atoms with E-state index in [-0.39, 0.29) is 6.04 Å². The van der Waals surface area contributed by atoms with Crippen molar-refractivity contribution in [2.24, 2.45) is 0 Å². The first-order valence-corrected chi connectivity index (χ1v) is 6.03. The third kappa shape index (κ3) is 3.46. The van der Waals surface area contributed by atoms with Crippen LogP contribution in [0.4, 0.5) is 0 Å². The topological polar surface area (TPSA) is 43.0 Å². The molecule has 2 aromatic rings. The number of nitrogens with zero attached hydrogens (tertiary/aromatic N) is 2. The third-order valence-electron chi connectivity index (χ3n) is 2.76. The number of hydrogen-bond donors (Lipinski definition) is 1. The van der Waals surface area contributed by atoms with Crippen molar-refractivity contribution in [3.63, 3.8) is 0 Å². The smallest absolute Gasteiger partial charge is 0.120 e. The summed E-state index contributed by atoms with van der Waals surface area (Å²) >= 11 is 0. The second-order valence-electron chi connectivity index (χ2n) is 4.25. The molecule has 1 atom stereocenters. The van der Waals surface area contributed by atoms with Crippen molar-refractivity contribution in [3.05, 3.63) is 42.1 Å². The molecule has 0 aliphatic carbocycles. The summed E-state index contributed by atoms with van der Waals surface area (Å²) in [6.45, 7) is 5.99. The van der Waals surface area contributed by atoms with Crippen LogP contribution in [0.1, 0.15) is 30.9 Å². The molecule has 4 nitrogen and oxygen atoms in total. The zero-order chi connectivity index (χ0) is 12.1. The first-order valence-electron chi connectivity index (χ1n) is 6.03. The summed E-state index contributed by atoms with van der Waals surface area (Å²) in [5, 5.41) is 7.60. The Morgan fingerprint density at radius 1 is 1.47 bits per heavy atom. The van der Waals surface area contributed by atoms with Crippen LogP contribution >= 0.6 is 0 Å². The normalized spacial score (nSPS) is 12.8. The minimum absolute atomic E-state index is 0.265. The minimum atomic E-state index is 0.265. The monoisotopic (exact) mass is 233 g/mol. The highest BCUT2D eigenvalue weighted by atomic mass is 16.3. The predicted octanol–water partition coefficient (Wildman–Crippen LogP) is 2.53. The lowest BCUT2D eigenvalue weighted by Gasteiger charge is -2.11. The summed E-state index contributed by atoms with van der Waals surface area (Å²) < 4.78 is 7.52. The number of nitrogens with one attached hydrogen (secondary N) is 1. The van der Waals surface area contributed by atoms with Crippen molar-refractivity contribution in [2.45, 2.75) is 32.9 Å². The zero-order valence-corrected chi connectivity index (χ0v) is 10.4. The van der Waals surface area contributed by atoms with E-state index in [9.17, 15) is 0 Å². The molecule has 0 radical (unpaired) electrons. The average Bonchev–Trinajstić information content (AvgIpc) is 2.95. The minimum Gasteiger partial charge on any atom is -0.465 e. The van der Waals surface area contributed by atoms with Crippen LogP contribution in [0.15, 0.2) is 35.0 Å². The summed E-state index contributed by atoms with van der Waals surface area (Å²) in [7, 11) is 0. The fourth-order valence-electron chi connectivity index (χ4n) is 1.78. The van der Waals surface area contributed by atoms with Gasteiger partial charge in [-0.3, -0.25) is 4.68 Å². The molecule has 4 heteroatoms. The number of aryl methyl sites for hydroxylation is 2. The van der Waals surface area contributed by atoms with Crippen LogP contribution in [-0.4, -0.2) is 16.3 Å². The van der Waals surface area contributed by atoms with Crippen molar-refractivity contribution >= 4 is 0 Å². The van der Waals surface area contributed by atoms with Gasteiger partial charge in [0.1, 0.15) is 11.5 Å². The highest BCUT2D eigenvalue weighted by Crippen LogP contribution is 2.15. The molecule has 0 aliphatic heterocycles. The van der Waals surface area contributed by atoms with Crippen molar-refractivity contribution < 1.29 is 4.42 Å². The van der Waals surface area contributed by atoms with E-state index in [0.717, 1.165) is 31.0 Å². The van der Waals surface area contributed by atoms with E-state index in [0.29, 0.717) is 0 Å². The van der Waals surface area contributed by atoms with Gasteiger partial charge in [-0.25, -0.2) is 0 Å². The molecule has 0 bridgehead atoms. The summed E-state index contributed by atoms with van der Waals surface area (Å²) in [4.78, 5) is 0. The number of hydrogen-bond acceptors (Lipinski definition) is 3. The molecular weight excluding hydrogens is 214 g/mol. The highest BCUT2D eigenvalue weighted by molar-refractivity contribution is 5.08. The fourth-order valence-corrected chi connectivity index (χ4v) is 1.78. The van der Waals surface area contributed by atoms with E-state index in [1.54, 1.807) is 0 Å². The fraction of sp³-hybridized carbons (Fsp3) is 0.462. The lowest BCUT2D eigenvalue weighted by atomic mass is 10.2. The largest absolute Gasteiger partial charge is 0.465 e. The first kappa shape index (κ1) is 11.9. The Hall–Kier alpha value is -1.55. The zero-order valence-electron chi connectivity index (χ0n) is 10.4. The molecular formula is C13H19N3O. The molecule has 2 aromatic heterocycles. The highest BCUT2D eigenvalue weighted by Gasteiger charge is 2.07. The Morgan fingerprint density at radius 2 is 2.35 bits per heavy atom. The molecule has 0 aliphatic rings. The number of aromatic nitrogens is 2. The average molecular weight is 233 g/mol. The maximum atomic E-state index is 5.57. The van der Waals surface area contributed by atoms with Crippen LogP contribution < -0.4 is 5.32 Å². The second kappa shape index (κ2) is 5.68. The van der Waals surface area contributed by atoms with Crippen molar-refractivity contribution in [2.75, 3.05) is 6.54 Å². The van der Waals surface area contributed by atoms with Gasteiger partial charge in [0.2, 0.25) is 0 Å². The molecule has 2 rings (SSSR count). The van der Waals surface area contributed by atoms with Gasteiger partial charge < -0.3 is 9.73 Å². The van der Waals surface area contributed by atoms with Crippen molar-refractivity contribution in [1.82, 2.24) is 15.1 Å². The number of furan rings is 1. The molecule has 2 heterocycles. The maximum Gasteiger partial charge on any atom is 0.120 e. The van der Waals surface area contributed by atoms with Gasteiger partial charge in [-0.1, -0.05) is 0 Å². The second-order valence-corrected chi connectivity index (χ2v) is 4.25. The lowest BCUT2D eigenvalue weighted by Crippen LogP contribution is -2.20.